The van der Waals surface area contributed by atoms with Gasteiger partial charge in [-0.3, -0.25) is 14.9 Å². The van der Waals surface area contributed by atoms with Gasteiger partial charge in [-0.2, -0.15) is 4.99 Å². The van der Waals surface area contributed by atoms with E-state index in [0.29, 0.717) is 23.8 Å². The summed E-state index contributed by atoms with van der Waals surface area (Å²) in [6.07, 6.45) is 8.65. The number of allylic oxidation sites excluding steroid dienone is 2. The molecule has 8 heteroatoms. The fraction of sp³-hybridized carbons (Fsp3) is 0.0455. The Labute approximate surface area is 186 Å². The van der Waals surface area contributed by atoms with Gasteiger partial charge in [0.1, 0.15) is 5.84 Å². The van der Waals surface area contributed by atoms with E-state index < -0.39 is 10.8 Å². The first-order valence-electron chi connectivity index (χ1n) is 9.04. The van der Waals surface area contributed by atoms with Crippen molar-refractivity contribution in [1.29, 1.82) is 0 Å². The Balaban J connectivity index is 1.67. The molecule has 0 atom stereocenters. The molecule has 0 spiro atoms. The van der Waals surface area contributed by atoms with Crippen molar-refractivity contribution >= 4 is 51.9 Å². The van der Waals surface area contributed by atoms with Crippen LogP contribution in [0.25, 0.3) is 6.08 Å². The van der Waals surface area contributed by atoms with E-state index in [2.05, 4.69) is 32.6 Å². The molecule has 4 rings (SSSR count). The van der Waals surface area contributed by atoms with Crippen LogP contribution in [0, 0.1) is 10.1 Å². The number of amidine groups is 2. The van der Waals surface area contributed by atoms with Crippen molar-refractivity contribution in [2.45, 2.75) is 6.54 Å². The first-order valence-corrected chi connectivity index (χ1v) is 10.1. The molecule has 30 heavy (non-hydrogen) atoms. The zero-order valence-electron chi connectivity index (χ0n) is 15.6. The summed E-state index contributed by atoms with van der Waals surface area (Å²) in [6, 6.07) is 13.8. The van der Waals surface area contributed by atoms with Crippen molar-refractivity contribution in [2.24, 2.45) is 9.98 Å². The van der Waals surface area contributed by atoms with E-state index in [1.165, 1.54) is 24.3 Å². The van der Waals surface area contributed by atoms with Crippen LogP contribution in [0.5, 0.6) is 0 Å². The molecule has 0 radical (unpaired) electrons. The maximum absolute atomic E-state index is 12.5. The predicted molar refractivity (Wildman–Crippen MR) is 124 cm³/mol. The first kappa shape index (κ1) is 19.9. The lowest BCUT2D eigenvalue weighted by atomic mass is 10.1. The van der Waals surface area contributed by atoms with E-state index in [9.17, 15) is 14.9 Å². The number of carbonyl (C=O) groups excluding carboxylic acids is 1. The monoisotopic (exact) mass is 510 g/mol. The molecule has 7 nitrogen and oxygen atoms in total. The molecule has 2 aliphatic rings. The molecule has 0 saturated heterocycles. The number of hydrogen-bond donors (Lipinski definition) is 0. The third-order valence-electron chi connectivity index (χ3n) is 4.50. The van der Waals surface area contributed by atoms with Crippen molar-refractivity contribution in [3.63, 3.8) is 0 Å². The van der Waals surface area contributed by atoms with Crippen LogP contribution in [-0.4, -0.2) is 27.4 Å². The molecule has 0 saturated carbocycles. The summed E-state index contributed by atoms with van der Waals surface area (Å²) in [6.45, 7) is 0.628. The maximum Gasteiger partial charge on any atom is 0.271 e. The minimum absolute atomic E-state index is 0.0353. The van der Waals surface area contributed by atoms with E-state index in [4.69, 9.17) is 0 Å². The largest absolute Gasteiger partial charge is 0.327 e. The van der Waals surface area contributed by atoms with Crippen LogP contribution >= 0.6 is 22.6 Å². The summed E-state index contributed by atoms with van der Waals surface area (Å²) in [5.41, 5.74) is 2.33. The highest BCUT2D eigenvalue weighted by molar-refractivity contribution is 14.1. The second-order valence-electron chi connectivity index (χ2n) is 6.56. The Bertz CT molecular complexity index is 1190. The molecule has 0 aromatic heterocycles. The first-order chi connectivity index (χ1) is 14.5. The lowest BCUT2D eigenvalue weighted by Gasteiger charge is -2.21. The Morgan fingerprint density at radius 1 is 1.20 bits per heavy atom. The van der Waals surface area contributed by atoms with Gasteiger partial charge in [0.15, 0.2) is 5.84 Å². The van der Waals surface area contributed by atoms with E-state index in [1.54, 1.807) is 12.1 Å². The molecule has 0 aliphatic carbocycles. The van der Waals surface area contributed by atoms with Crippen LogP contribution in [-0.2, 0) is 11.3 Å². The minimum Gasteiger partial charge on any atom is -0.327 e. The zero-order chi connectivity index (χ0) is 21.1. The Hall–Kier alpha value is -3.40. The number of aliphatic imine (C=N–C) groups is 2. The molecular weight excluding hydrogens is 495 g/mol. The van der Waals surface area contributed by atoms with Crippen molar-refractivity contribution in [2.75, 3.05) is 0 Å². The number of nitrogens with zero attached hydrogens (tertiary/aromatic N) is 4. The van der Waals surface area contributed by atoms with Crippen LogP contribution in [0.1, 0.15) is 16.7 Å². The van der Waals surface area contributed by atoms with Gasteiger partial charge in [0.05, 0.1) is 4.92 Å². The second-order valence-corrected chi connectivity index (χ2v) is 7.81. The predicted octanol–water partition coefficient (Wildman–Crippen LogP) is 4.64. The van der Waals surface area contributed by atoms with Crippen molar-refractivity contribution in [3.05, 3.63) is 103 Å². The smallest absolute Gasteiger partial charge is 0.271 e. The molecule has 2 aliphatic heterocycles. The van der Waals surface area contributed by atoms with E-state index in [1.807, 2.05) is 47.5 Å². The number of non-ortho nitro benzene ring substituents is 1. The second kappa shape index (κ2) is 8.54. The number of hydrogen-bond acceptors (Lipinski definition) is 4. The van der Waals surface area contributed by atoms with Gasteiger partial charge < -0.3 is 4.90 Å². The molecular formula is C22H15IN4O3. The van der Waals surface area contributed by atoms with Gasteiger partial charge in [-0.1, -0.05) is 36.4 Å². The van der Waals surface area contributed by atoms with Gasteiger partial charge in [-0.15, -0.1) is 0 Å². The summed E-state index contributed by atoms with van der Waals surface area (Å²) in [5.74, 6) is 0.557. The molecule has 2 aromatic carbocycles. The third kappa shape index (κ3) is 4.43. The summed E-state index contributed by atoms with van der Waals surface area (Å²) < 4.78 is 1.08. The number of nitro benzene ring substituents is 1. The molecule has 148 valence electrons. The number of fused-ring (bicyclic) bond motifs is 2. The molecule has 2 heterocycles. The number of carbonyl (C=O) groups is 1. The molecule has 0 N–H and O–H groups in total. The topological polar surface area (TPSA) is 88.2 Å². The van der Waals surface area contributed by atoms with Gasteiger partial charge >= 0.3 is 0 Å². The Kier molecular flexibility index (Phi) is 5.66. The normalized spacial score (nSPS) is 16.6. The highest BCUT2D eigenvalue weighted by atomic mass is 127. The SMILES string of the molecule is O=C(/C=C/c1cccc([N+](=O)[O-])c1)N=C1N=C2C=CC(I)=CN2Cc2ccccc21. The van der Waals surface area contributed by atoms with Crippen LogP contribution in [0.3, 0.4) is 0 Å². The summed E-state index contributed by atoms with van der Waals surface area (Å²) in [5, 5.41) is 10.9. The lowest BCUT2D eigenvalue weighted by molar-refractivity contribution is -0.384. The van der Waals surface area contributed by atoms with Gasteiger partial charge in [0.2, 0.25) is 0 Å². The number of nitro groups is 1. The number of rotatable bonds is 3. The average molecular weight is 510 g/mol. The van der Waals surface area contributed by atoms with Gasteiger partial charge in [0, 0.05) is 40.1 Å². The quantitative estimate of drug-likeness (QED) is 0.261. The Morgan fingerprint density at radius 2 is 2.03 bits per heavy atom. The van der Waals surface area contributed by atoms with Gasteiger partial charge in [0.25, 0.3) is 11.6 Å². The molecule has 0 bridgehead atoms. The molecule has 0 unspecified atom stereocenters. The maximum atomic E-state index is 12.5. The third-order valence-corrected chi connectivity index (χ3v) is 5.14. The van der Waals surface area contributed by atoms with E-state index in [0.717, 1.165) is 14.7 Å². The molecule has 1 amide bonds. The lowest BCUT2D eigenvalue weighted by Crippen LogP contribution is -2.24. The zero-order valence-corrected chi connectivity index (χ0v) is 17.8. The number of benzene rings is 2. The van der Waals surface area contributed by atoms with Crippen LogP contribution in [0.4, 0.5) is 5.69 Å². The number of amides is 1. The van der Waals surface area contributed by atoms with E-state index >= 15 is 0 Å². The fourth-order valence-electron chi connectivity index (χ4n) is 3.10. The van der Waals surface area contributed by atoms with Crippen LogP contribution in [0.2, 0.25) is 0 Å². The average Bonchev–Trinajstić information content (AvgIpc) is 2.88. The van der Waals surface area contributed by atoms with Crippen molar-refractivity contribution in [3.8, 4) is 0 Å². The summed E-state index contributed by atoms with van der Waals surface area (Å²) >= 11 is 2.25. The van der Waals surface area contributed by atoms with Gasteiger partial charge in [-0.25, -0.2) is 4.99 Å². The standard InChI is InChI=1S/C22H15IN4O3/c23-17-9-10-20-24-22(19-7-2-1-5-16(19)13-26(20)14-17)25-21(28)11-8-15-4-3-6-18(12-15)27(29)30/h1-12,14H,13H2/b11-8+,25-22?. The highest BCUT2D eigenvalue weighted by Crippen LogP contribution is 2.24. The molecule has 2 aromatic rings. The van der Waals surface area contributed by atoms with Crippen molar-refractivity contribution < 1.29 is 9.72 Å². The van der Waals surface area contributed by atoms with E-state index in [-0.39, 0.29) is 5.69 Å². The van der Waals surface area contributed by atoms with Crippen LogP contribution in [0.15, 0.2) is 86.5 Å². The number of halogens is 1. The summed E-state index contributed by atoms with van der Waals surface area (Å²) in [7, 11) is 0. The Morgan fingerprint density at radius 3 is 2.87 bits per heavy atom. The summed E-state index contributed by atoms with van der Waals surface area (Å²) in [4.78, 5) is 33.8. The molecule has 0 fully saturated rings. The minimum atomic E-state index is -0.492. The van der Waals surface area contributed by atoms with Crippen LogP contribution < -0.4 is 0 Å². The fourth-order valence-corrected chi connectivity index (χ4v) is 3.62. The van der Waals surface area contributed by atoms with Gasteiger partial charge in [-0.05, 0) is 51.9 Å². The highest BCUT2D eigenvalue weighted by Gasteiger charge is 2.21. The van der Waals surface area contributed by atoms with Crippen molar-refractivity contribution in [1.82, 2.24) is 4.90 Å².